The monoisotopic (exact) mass is 1140 g/mol. The molecule has 0 rings (SSSR count). The predicted molar refractivity (Wildman–Crippen MR) is 358 cm³/mol. The van der Waals surface area contributed by atoms with Gasteiger partial charge in [-0.05, 0) is 51.4 Å². The van der Waals surface area contributed by atoms with Crippen LogP contribution in [0.4, 0.5) is 0 Å². The van der Waals surface area contributed by atoms with Crippen molar-refractivity contribution in [3.63, 3.8) is 0 Å². The second-order valence-electron chi connectivity index (χ2n) is 25.4. The second-order valence-corrected chi connectivity index (χ2v) is 25.4. The van der Waals surface area contributed by atoms with Gasteiger partial charge in [-0.25, -0.2) is 0 Å². The van der Waals surface area contributed by atoms with Gasteiger partial charge in [-0.1, -0.05) is 391 Å². The number of carbonyl (C=O) groups excluding carboxylic acids is 2. The lowest BCUT2D eigenvalue weighted by atomic mass is 10.0. The summed E-state index contributed by atoms with van der Waals surface area (Å²) >= 11 is 0. The van der Waals surface area contributed by atoms with Crippen LogP contribution in [-0.4, -0.2) is 36.4 Å². The molecule has 0 amide bonds. The lowest BCUT2D eigenvalue weighted by molar-refractivity contribution is -0.161. The van der Waals surface area contributed by atoms with Gasteiger partial charge in [-0.15, -0.1) is 0 Å². The molecule has 81 heavy (non-hydrogen) atoms. The van der Waals surface area contributed by atoms with Crippen molar-refractivity contribution in [2.45, 2.75) is 424 Å². The van der Waals surface area contributed by atoms with Crippen molar-refractivity contribution in [1.82, 2.24) is 0 Å². The minimum absolute atomic E-state index is 0.0603. The number of aliphatic hydroxyl groups is 1. The molecule has 478 valence electrons. The molecule has 5 nitrogen and oxygen atoms in total. The summed E-state index contributed by atoms with van der Waals surface area (Å²) in [6.07, 6.45) is 96.4. The molecule has 0 aliphatic carbocycles. The standard InChI is InChI=1S/C76H144O5/c1-3-5-7-9-11-13-15-17-19-21-23-25-27-29-31-33-34-35-36-37-38-39-40-41-43-44-46-48-50-52-54-56-58-60-62-64-66-68-70-75(78)80-73-74(72-77)81-76(79)71-69-67-65-63-61-59-57-55-53-51-49-47-45-42-32-30-28-26-24-22-20-18-16-14-12-10-8-6-4-2/h16,18,22,24,28,30,74,77H,3-15,17,19-21,23,25-27,29,31-73H2,1-2H3/b18-16-,24-22-,30-28-. The van der Waals surface area contributed by atoms with Crippen LogP contribution in [0.2, 0.25) is 0 Å². The van der Waals surface area contributed by atoms with Gasteiger partial charge < -0.3 is 14.6 Å². The van der Waals surface area contributed by atoms with Gasteiger partial charge in [0.15, 0.2) is 6.10 Å². The van der Waals surface area contributed by atoms with E-state index < -0.39 is 6.10 Å². The van der Waals surface area contributed by atoms with Crippen LogP contribution in [0.15, 0.2) is 36.5 Å². The topological polar surface area (TPSA) is 72.8 Å². The molecule has 0 bridgehead atoms. The summed E-state index contributed by atoms with van der Waals surface area (Å²) in [5.41, 5.74) is 0. The van der Waals surface area contributed by atoms with Crippen LogP contribution in [0, 0.1) is 0 Å². The molecule has 0 saturated heterocycles. The third-order valence-electron chi connectivity index (χ3n) is 17.2. The van der Waals surface area contributed by atoms with E-state index in [4.69, 9.17) is 9.47 Å². The molecule has 5 heteroatoms. The number of unbranched alkanes of at least 4 members (excludes halogenated alkanes) is 56. The van der Waals surface area contributed by atoms with Crippen LogP contribution >= 0.6 is 0 Å². The largest absolute Gasteiger partial charge is 0.462 e. The molecule has 0 aromatic carbocycles. The zero-order valence-electron chi connectivity index (χ0n) is 55.1. The number of hydrogen-bond acceptors (Lipinski definition) is 5. The molecule has 0 aliphatic rings. The third-order valence-corrected chi connectivity index (χ3v) is 17.2. The number of hydrogen-bond donors (Lipinski definition) is 1. The Hall–Kier alpha value is -1.88. The quantitative estimate of drug-likeness (QED) is 0.0373. The Morgan fingerprint density at radius 2 is 0.494 bits per heavy atom. The van der Waals surface area contributed by atoms with E-state index in [0.717, 1.165) is 44.9 Å². The Labute approximate surface area is 507 Å². The smallest absolute Gasteiger partial charge is 0.306 e. The molecule has 0 fully saturated rings. The molecule has 1 N–H and O–H groups in total. The average Bonchev–Trinajstić information content (AvgIpc) is 3.47. The fourth-order valence-electron chi connectivity index (χ4n) is 11.6. The van der Waals surface area contributed by atoms with Gasteiger partial charge in [0, 0.05) is 12.8 Å². The normalized spacial score (nSPS) is 12.3. The van der Waals surface area contributed by atoms with Gasteiger partial charge in [0.1, 0.15) is 6.61 Å². The van der Waals surface area contributed by atoms with Gasteiger partial charge in [-0.3, -0.25) is 9.59 Å². The highest BCUT2D eigenvalue weighted by Gasteiger charge is 2.16. The van der Waals surface area contributed by atoms with Crippen molar-refractivity contribution >= 4 is 11.9 Å². The van der Waals surface area contributed by atoms with Crippen LogP contribution in [0.1, 0.15) is 418 Å². The van der Waals surface area contributed by atoms with Crippen LogP contribution < -0.4 is 0 Å². The summed E-state index contributed by atoms with van der Waals surface area (Å²) in [6.45, 7) is 4.20. The Balaban J connectivity index is 3.37. The first-order valence-corrected chi connectivity index (χ1v) is 37.0. The summed E-state index contributed by atoms with van der Waals surface area (Å²) < 4.78 is 10.8. The van der Waals surface area contributed by atoms with E-state index in [1.807, 2.05) is 0 Å². The van der Waals surface area contributed by atoms with E-state index in [1.165, 1.54) is 347 Å². The van der Waals surface area contributed by atoms with E-state index in [9.17, 15) is 14.7 Å². The first kappa shape index (κ1) is 79.1. The molecular formula is C76H144O5. The van der Waals surface area contributed by atoms with E-state index in [-0.39, 0.29) is 25.2 Å². The van der Waals surface area contributed by atoms with Crippen molar-refractivity contribution in [3.05, 3.63) is 36.5 Å². The molecule has 0 spiro atoms. The van der Waals surface area contributed by atoms with Crippen LogP contribution in [0.3, 0.4) is 0 Å². The fraction of sp³-hybridized carbons (Fsp3) is 0.895. The minimum atomic E-state index is -0.772. The number of aliphatic hydroxyl groups excluding tert-OH is 1. The van der Waals surface area contributed by atoms with Gasteiger partial charge in [0.25, 0.3) is 0 Å². The van der Waals surface area contributed by atoms with Crippen molar-refractivity contribution in [1.29, 1.82) is 0 Å². The Morgan fingerprint density at radius 1 is 0.284 bits per heavy atom. The van der Waals surface area contributed by atoms with Crippen molar-refractivity contribution in [3.8, 4) is 0 Å². The summed E-state index contributed by atoms with van der Waals surface area (Å²) in [6, 6.07) is 0. The van der Waals surface area contributed by atoms with E-state index >= 15 is 0 Å². The maximum atomic E-state index is 12.4. The number of ether oxygens (including phenoxy) is 2. The van der Waals surface area contributed by atoms with E-state index in [1.54, 1.807) is 0 Å². The zero-order chi connectivity index (χ0) is 58.4. The second kappa shape index (κ2) is 72.4. The molecular weight excluding hydrogens is 993 g/mol. The Kier molecular flexibility index (Phi) is 70.7. The van der Waals surface area contributed by atoms with Crippen molar-refractivity contribution < 1.29 is 24.2 Å². The SMILES string of the molecule is CCCCCCC/C=C\C/C=C\C/C=C\CCCCCCCCCCCCCCCCC(=O)OC(CO)COC(=O)CCCCCCCCCCCCCCCCCCCCCCCCCCCCCCCCCCCCCCCC. The molecule has 0 radical (unpaired) electrons. The van der Waals surface area contributed by atoms with Crippen LogP contribution in [0.5, 0.6) is 0 Å². The van der Waals surface area contributed by atoms with Crippen molar-refractivity contribution in [2.24, 2.45) is 0 Å². The van der Waals surface area contributed by atoms with Crippen LogP contribution in [0.25, 0.3) is 0 Å². The first-order chi connectivity index (χ1) is 40.1. The molecule has 1 unspecified atom stereocenters. The Bertz CT molecular complexity index is 1290. The maximum Gasteiger partial charge on any atom is 0.306 e. The van der Waals surface area contributed by atoms with E-state index in [2.05, 4.69) is 50.3 Å². The molecule has 0 aromatic heterocycles. The van der Waals surface area contributed by atoms with E-state index in [0.29, 0.717) is 12.8 Å². The lowest BCUT2D eigenvalue weighted by Crippen LogP contribution is -2.28. The molecule has 1 atom stereocenters. The highest BCUT2D eigenvalue weighted by Crippen LogP contribution is 2.20. The highest BCUT2D eigenvalue weighted by molar-refractivity contribution is 5.70. The zero-order valence-corrected chi connectivity index (χ0v) is 55.1. The third kappa shape index (κ3) is 70.5. The molecule has 0 saturated carbocycles. The Morgan fingerprint density at radius 3 is 0.741 bits per heavy atom. The first-order valence-electron chi connectivity index (χ1n) is 37.0. The number of rotatable bonds is 70. The van der Waals surface area contributed by atoms with Gasteiger partial charge >= 0.3 is 11.9 Å². The highest BCUT2D eigenvalue weighted by atomic mass is 16.6. The van der Waals surface area contributed by atoms with Gasteiger partial charge in [0.05, 0.1) is 6.61 Å². The summed E-state index contributed by atoms with van der Waals surface area (Å²) in [5, 5.41) is 9.71. The van der Waals surface area contributed by atoms with Crippen LogP contribution in [-0.2, 0) is 19.1 Å². The van der Waals surface area contributed by atoms with Crippen molar-refractivity contribution in [2.75, 3.05) is 13.2 Å². The number of allylic oxidation sites excluding steroid dienone is 6. The lowest BCUT2D eigenvalue weighted by Gasteiger charge is -2.15. The fourth-order valence-corrected chi connectivity index (χ4v) is 11.6. The number of carbonyl (C=O) groups is 2. The molecule has 0 heterocycles. The van der Waals surface area contributed by atoms with Gasteiger partial charge in [0.2, 0.25) is 0 Å². The maximum absolute atomic E-state index is 12.4. The predicted octanol–water partition coefficient (Wildman–Crippen LogP) is 25.7. The number of esters is 2. The summed E-state index contributed by atoms with van der Waals surface area (Å²) in [5.74, 6) is -0.568. The summed E-state index contributed by atoms with van der Waals surface area (Å²) in [7, 11) is 0. The average molecular weight is 1140 g/mol. The summed E-state index contributed by atoms with van der Waals surface area (Å²) in [4.78, 5) is 24.7. The van der Waals surface area contributed by atoms with Gasteiger partial charge in [-0.2, -0.15) is 0 Å². The molecule has 0 aromatic rings. The minimum Gasteiger partial charge on any atom is -0.462 e. The molecule has 0 aliphatic heterocycles.